The molecule has 22 heavy (non-hydrogen) atoms. The van der Waals surface area contributed by atoms with Gasteiger partial charge in [0.15, 0.2) is 0 Å². The van der Waals surface area contributed by atoms with Crippen molar-refractivity contribution in [1.82, 2.24) is 0 Å². The van der Waals surface area contributed by atoms with Crippen LogP contribution in [0.4, 0.5) is 9.59 Å². The van der Waals surface area contributed by atoms with Gasteiger partial charge >= 0.3 is 12.3 Å². The van der Waals surface area contributed by atoms with E-state index in [4.69, 9.17) is 50.4 Å². The van der Waals surface area contributed by atoms with Crippen molar-refractivity contribution in [1.29, 1.82) is 0 Å². The molecule has 0 saturated heterocycles. The molecule has 0 aliphatic heterocycles. The fourth-order valence-corrected chi connectivity index (χ4v) is 0.462. The molecular formula is C10H24O12. The van der Waals surface area contributed by atoms with Gasteiger partial charge in [0.25, 0.3) is 0 Å². The lowest BCUT2D eigenvalue weighted by Gasteiger charge is -1.94. The van der Waals surface area contributed by atoms with Gasteiger partial charge < -0.3 is 50.3 Å². The molecule has 12 nitrogen and oxygen atoms in total. The molecule has 0 aliphatic rings. The van der Waals surface area contributed by atoms with Crippen LogP contribution in [0.25, 0.3) is 0 Å². The third kappa shape index (κ3) is 138. The number of rotatable bonds is 8. The Bertz CT molecular complexity index is 172. The highest BCUT2D eigenvalue weighted by molar-refractivity contribution is 5.53. The number of hydrogen-bond donors (Lipinski definition) is 8. The van der Waals surface area contributed by atoms with Gasteiger partial charge in [-0.05, 0) is 0 Å². The van der Waals surface area contributed by atoms with E-state index in [-0.39, 0.29) is 26.4 Å². The number of hydrogen-bond acceptors (Lipinski definition) is 8. The minimum Gasteiger partial charge on any atom is -0.450 e. The van der Waals surface area contributed by atoms with Crippen molar-refractivity contribution in [2.24, 2.45) is 0 Å². The van der Waals surface area contributed by atoms with E-state index in [1.54, 1.807) is 0 Å². The zero-order chi connectivity index (χ0) is 18.2. The zero-order valence-corrected chi connectivity index (χ0v) is 11.9. The smallest absolute Gasteiger partial charge is 0.450 e. The Hall–Kier alpha value is -1.70. The van der Waals surface area contributed by atoms with Gasteiger partial charge in [0.05, 0.1) is 52.9 Å². The largest absolute Gasteiger partial charge is 0.503 e. The van der Waals surface area contributed by atoms with Crippen molar-refractivity contribution in [2.75, 3.05) is 52.9 Å². The van der Waals surface area contributed by atoms with Gasteiger partial charge in [-0.15, -0.1) is 0 Å². The molecule has 0 saturated carbocycles. The summed E-state index contributed by atoms with van der Waals surface area (Å²) in [5.41, 5.74) is 0. The minimum absolute atomic E-state index is 0.0278. The van der Waals surface area contributed by atoms with E-state index in [0.717, 1.165) is 0 Å². The molecule has 0 amide bonds. The standard InChI is InChI=1S/2C4H10O3.2CH2O3/c2*5-1-3-7-4-2-6;2*2-1(3)4/h2*5-6H,1-4H2;2*(H2,2,3,4). The molecule has 0 aromatic carbocycles. The molecule has 0 atom stereocenters. The van der Waals surface area contributed by atoms with Crippen molar-refractivity contribution in [3.05, 3.63) is 0 Å². The van der Waals surface area contributed by atoms with Gasteiger partial charge in [-0.25, -0.2) is 9.59 Å². The quantitative estimate of drug-likeness (QED) is 0.236. The van der Waals surface area contributed by atoms with Crippen LogP contribution in [0, 0.1) is 0 Å². The molecule has 0 radical (unpaired) electrons. The number of aliphatic hydroxyl groups excluding tert-OH is 4. The first-order valence-corrected chi connectivity index (χ1v) is 5.72. The van der Waals surface area contributed by atoms with Crippen LogP contribution in [0.1, 0.15) is 0 Å². The molecule has 0 heterocycles. The van der Waals surface area contributed by atoms with Crippen LogP contribution in [0.5, 0.6) is 0 Å². The Balaban J connectivity index is -0.000000102. The SMILES string of the molecule is O=C(O)O.O=C(O)O.OCCOCCO.OCCOCCO. The number of carboxylic acid groups (broad SMARTS) is 4. The van der Waals surface area contributed by atoms with Crippen molar-refractivity contribution in [3.8, 4) is 0 Å². The van der Waals surface area contributed by atoms with Crippen molar-refractivity contribution >= 4 is 12.3 Å². The normalized spacial score (nSPS) is 8.18. The molecule has 0 aromatic rings. The molecule has 0 aliphatic carbocycles. The molecule has 0 spiro atoms. The van der Waals surface area contributed by atoms with E-state index in [9.17, 15) is 0 Å². The van der Waals surface area contributed by atoms with E-state index in [1.807, 2.05) is 0 Å². The molecule has 0 unspecified atom stereocenters. The average molecular weight is 336 g/mol. The molecule has 0 fully saturated rings. The second kappa shape index (κ2) is 31.6. The molecule has 0 rings (SSSR count). The van der Waals surface area contributed by atoms with Gasteiger partial charge in [-0.2, -0.15) is 0 Å². The Morgan fingerprint density at radius 3 is 0.773 bits per heavy atom. The van der Waals surface area contributed by atoms with Crippen LogP contribution >= 0.6 is 0 Å². The maximum absolute atomic E-state index is 8.56. The first-order valence-electron chi connectivity index (χ1n) is 5.72. The Kier molecular flexibility index (Phi) is 40.9. The minimum atomic E-state index is -1.83. The summed E-state index contributed by atoms with van der Waals surface area (Å²) in [4.78, 5) is 17.1. The molecule has 12 heteroatoms. The Morgan fingerprint density at radius 2 is 0.682 bits per heavy atom. The Labute approximate surface area is 126 Å². The molecule has 0 aromatic heterocycles. The maximum atomic E-state index is 8.56. The van der Waals surface area contributed by atoms with Crippen LogP contribution in [-0.4, -0.2) is 106 Å². The topological polar surface area (TPSA) is 214 Å². The summed E-state index contributed by atoms with van der Waals surface area (Å²) in [6, 6.07) is 0. The average Bonchev–Trinajstić information content (AvgIpc) is 2.39. The van der Waals surface area contributed by atoms with Crippen LogP contribution in [-0.2, 0) is 9.47 Å². The second-order valence-electron chi connectivity index (χ2n) is 2.68. The van der Waals surface area contributed by atoms with Crippen molar-refractivity contribution in [3.63, 3.8) is 0 Å². The van der Waals surface area contributed by atoms with E-state index in [1.165, 1.54) is 0 Å². The third-order valence-corrected chi connectivity index (χ3v) is 0.942. The summed E-state index contributed by atoms with van der Waals surface area (Å²) < 4.78 is 9.26. The molecule has 8 N–H and O–H groups in total. The van der Waals surface area contributed by atoms with E-state index >= 15 is 0 Å². The summed E-state index contributed by atoms with van der Waals surface area (Å²) >= 11 is 0. The number of ether oxygens (including phenoxy) is 2. The second-order valence-corrected chi connectivity index (χ2v) is 2.68. The van der Waals surface area contributed by atoms with E-state index < -0.39 is 12.3 Å². The van der Waals surface area contributed by atoms with Gasteiger partial charge in [0.1, 0.15) is 0 Å². The lowest BCUT2D eigenvalue weighted by atomic mass is 10.7. The molecule has 0 bridgehead atoms. The van der Waals surface area contributed by atoms with Gasteiger partial charge in [0.2, 0.25) is 0 Å². The van der Waals surface area contributed by atoms with Crippen LogP contribution in [0.3, 0.4) is 0 Å². The summed E-state index contributed by atoms with van der Waals surface area (Å²) in [7, 11) is 0. The first kappa shape index (κ1) is 28.5. The monoisotopic (exact) mass is 336 g/mol. The predicted molar refractivity (Wildman–Crippen MR) is 71.3 cm³/mol. The van der Waals surface area contributed by atoms with Crippen molar-refractivity contribution < 1.29 is 59.9 Å². The van der Waals surface area contributed by atoms with E-state index in [2.05, 4.69) is 9.47 Å². The highest BCUT2D eigenvalue weighted by Crippen LogP contribution is 1.68. The fourth-order valence-electron chi connectivity index (χ4n) is 0.462. The van der Waals surface area contributed by atoms with Crippen LogP contribution in [0.15, 0.2) is 0 Å². The number of carbonyl (C=O) groups is 2. The first-order chi connectivity index (χ1) is 10.3. The predicted octanol–water partition coefficient (Wildman–Crippen LogP) is -1.58. The van der Waals surface area contributed by atoms with Crippen LogP contribution in [0.2, 0.25) is 0 Å². The van der Waals surface area contributed by atoms with Crippen molar-refractivity contribution in [2.45, 2.75) is 0 Å². The molecule has 136 valence electrons. The molecular weight excluding hydrogens is 312 g/mol. The lowest BCUT2D eigenvalue weighted by Crippen LogP contribution is -2.03. The summed E-state index contributed by atoms with van der Waals surface area (Å²) in [6.45, 7) is 1.39. The summed E-state index contributed by atoms with van der Waals surface area (Å²) in [6.07, 6.45) is -3.67. The van der Waals surface area contributed by atoms with Gasteiger partial charge in [0, 0.05) is 0 Å². The summed E-state index contributed by atoms with van der Waals surface area (Å²) in [5.74, 6) is 0. The fraction of sp³-hybridized carbons (Fsp3) is 0.800. The number of aliphatic hydroxyl groups is 4. The lowest BCUT2D eigenvalue weighted by molar-refractivity contribution is 0.0649. The Morgan fingerprint density at radius 1 is 0.545 bits per heavy atom. The summed E-state index contributed by atoms with van der Waals surface area (Å²) in [5, 5.41) is 60.2. The highest BCUT2D eigenvalue weighted by Gasteiger charge is 1.80. The van der Waals surface area contributed by atoms with Crippen LogP contribution < -0.4 is 0 Å². The van der Waals surface area contributed by atoms with E-state index in [0.29, 0.717) is 26.4 Å². The third-order valence-electron chi connectivity index (χ3n) is 0.942. The van der Waals surface area contributed by atoms with Gasteiger partial charge in [-0.1, -0.05) is 0 Å². The zero-order valence-electron chi connectivity index (χ0n) is 11.9. The maximum Gasteiger partial charge on any atom is 0.503 e. The van der Waals surface area contributed by atoms with Gasteiger partial charge in [-0.3, -0.25) is 0 Å². The highest BCUT2D eigenvalue weighted by atomic mass is 16.6.